The molecule has 1 heterocycles. The summed E-state index contributed by atoms with van der Waals surface area (Å²) in [7, 11) is 0. The first kappa shape index (κ1) is 17.1. The monoisotopic (exact) mass is 293 g/mol. The Morgan fingerprint density at radius 1 is 1.38 bits per heavy atom. The minimum absolute atomic E-state index is 0.00907. The molecular weight excluding hydrogens is 270 g/mol. The van der Waals surface area contributed by atoms with Crippen LogP contribution >= 0.6 is 0 Å². The van der Waals surface area contributed by atoms with E-state index in [4.69, 9.17) is 10.8 Å². The number of amides is 1. The van der Waals surface area contributed by atoms with E-state index in [1.165, 1.54) is 12.3 Å². The highest BCUT2D eigenvalue weighted by molar-refractivity contribution is 5.85. The molecule has 0 aromatic carbocycles. The van der Waals surface area contributed by atoms with E-state index in [0.717, 1.165) is 12.0 Å². The van der Waals surface area contributed by atoms with Crippen molar-refractivity contribution >= 4 is 11.9 Å². The van der Waals surface area contributed by atoms with Crippen molar-refractivity contribution in [3.63, 3.8) is 0 Å². The van der Waals surface area contributed by atoms with Gasteiger partial charge in [0.1, 0.15) is 5.69 Å². The van der Waals surface area contributed by atoms with Crippen molar-refractivity contribution in [3.8, 4) is 0 Å². The molecule has 0 aliphatic heterocycles. The Morgan fingerprint density at radius 3 is 2.57 bits per heavy atom. The molecule has 1 aromatic heterocycles. The number of nitrogens with zero attached hydrogens (tertiary/aromatic N) is 1. The van der Waals surface area contributed by atoms with Gasteiger partial charge in [0, 0.05) is 19.2 Å². The van der Waals surface area contributed by atoms with Crippen LogP contribution in [-0.2, 0) is 11.3 Å². The van der Waals surface area contributed by atoms with E-state index < -0.39 is 5.97 Å². The highest BCUT2D eigenvalue weighted by Crippen LogP contribution is 2.14. The maximum Gasteiger partial charge on any atom is 0.354 e. The molecular formula is C15H23N3O3. The molecule has 0 bridgehead atoms. The minimum atomic E-state index is -1.06. The molecule has 6 heteroatoms. The largest absolute Gasteiger partial charge is 0.477 e. The zero-order valence-corrected chi connectivity index (χ0v) is 12.5. The van der Waals surface area contributed by atoms with Crippen LogP contribution in [-0.4, -0.2) is 28.5 Å². The molecule has 0 aliphatic carbocycles. The summed E-state index contributed by atoms with van der Waals surface area (Å²) in [4.78, 5) is 26.3. The van der Waals surface area contributed by atoms with Crippen LogP contribution in [0.4, 0.5) is 0 Å². The zero-order valence-electron chi connectivity index (χ0n) is 12.5. The fraction of sp³-hybridized carbons (Fsp3) is 0.533. The molecule has 1 unspecified atom stereocenters. The van der Waals surface area contributed by atoms with Crippen molar-refractivity contribution in [3.05, 3.63) is 29.6 Å². The van der Waals surface area contributed by atoms with Gasteiger partial charge in [-0.1, -0.05) is 19.9 Å². The summed E-state index contributed by atoms with van der Waals surface area (Å²) in [6, 6.07) is 3.07. The molecule has 1 aromatic rings. The van der Waals surface area contributed by atoms with Crippen LogP contribution in [0.1, 0.15) is 42.7 Å². The van der Waals surface area contributed by atoms with Crippen LogP contribution in [0.2, 0.25) is 0 Å². The highest BCUT2D eigenvalue weighted by Gasteiger charge is 2.14. The van der Waals surface area contributed by atoms with Gasteiger partial charge in [0.2, 0.25) is 5.91 Å². The third-order valence-corrected chi connectivity index (χ3v) is 3.15. The van der Waals surface area contributed by atoms with Crippen molar-refractivity contribution in [1.29, 1.82) is 0 Å². The molecule has 6 nitrogen and oxygen atoms in total. The lowest BCUT2D eigenvalue weighted by atomic mass is 9.94. The second kappa shape index (κ2) is 8.36. The van der Waals surface area contributed by atoms with Crippen molar-refractivity contribution < 1.29 is 14.7 Å². The molecule has 0 fully saturated rings. The van der Waals surface area contributed by atoms with Gasteiger partial charge < -0.3 is 16.2 Å². The molecule has 116 valence electrons. The number of nitrogens with two attached hydrogens (primary N) is 1. The molecule has 0 saturated heterocycles. The fourth-order valence-corrected chi connectivity index (χ4v) is 2.12. The van der Waals surface area contributed by atoms with E-state index in [9.17, 15) is 9.59 Å². The van der Waals surface area contributed by atoms with E-state index >= 15 is 0 Å². The average molecular weight is 293 g/mol. The molecule has 0 radical (unpaired) electrons. The lowest BCUT2D eigenvalue weighted by molar-refractivity contribution is -0.122. The first-order valence-electron chi connectivity index (χ1n) is 7.07. The number of nitrogens with one attached hydrogen (secondary N) is 1. The summed E-state index contributed by atoms with van der Waals surface area (Å²) < 4.78 is 0. The molecule has 1 rings (SSSR count). The summed E-state index contributed by atoms with van der Waals surface area (Å²) in [5.41, 5.74) is 6.43. The van der Waals surface area contributed by atoms with Crippen LogP contribution in [0.3, 0.4) is 0 Å². The van der Waals surface area contributed by atoms with Gasteiger partial charge in [0.15, 0.2) is 0 Å². The van der Waals surface area contributed by atoms with Gasteiger partial charge >= 0.3 is 5.97 Å². The van der Waals surface area contributed by atoms with Gasteiger partial charge in [-0.05, 0) is 36.4 Å². The van der Waals surface area contributed by atoms with E-state index in [1.807, 2.05) is 0 Å². The Hall–Kier alpha value is -1.95. The highest BCUT2D eigenvalue weighted by atomic mass is 16.4. The predicted molar refractivity (Wildman–Crippen MR) is 79.7 cm³/mol. The molecule has 0 saturated carbocycles. The molecule has 0 spiro atoms. The predicted octanol–water partition coefficient (Wildman–Crippen LogP) is 1.41. The third-order valence-electron chi connectivity index (χ3n) is 3.15. The summed E-state index contributed by atoms with van der Waals surface area (Å²) >= 11 is 0. The number of carbonyl (C=O) groups excluding carboxylic acids is 1. The van der Waals surface area contributed by atoms with Gasteiger partial charge in [-0.15, -0.1) is 0 Å². The SMILES string of the molecule is CC(C)CC(CN)CC(=O)NCc1ccc(C(=O)O)nc1. The molecule has 1 amide bonds. The minimum Gasteiger partial charge on any atom is -0.477 e. The van der Waals surface area contributed by atoms with Gasteiger partial charge in [-0.25, -0.2) is 9.78 Å². The van der Waals surface area contributed by atoms with E-state index in [-0.39, 0.29) is 17.5 Å². The third kappa shape index (κ3) is 6.35. The number of pyridine rings is 1. The van der Waals surface area contributed by atoms with Crippen LogP contribution in [0, 0.1) is 11.8 Å². The maximum atomic E-state index is 11.9. The smallest absolute Gasteiger partial charge is 0.354 e. The Kier molecular flexibility index (Phi) is 6.81. The van der Waals surface area contributed by atoms with E-state index in [2.05, 4.69) is 24.1 Å². The number of aromatic carboxylic acids is 1. The maximum absolute atomic E-state index is 11.9. The molecule has 4 N–H and O–H groups in total. The topological polar surface area (TPSA) is 105 Å². The number of hydrogen-bond donors (Lipinski definition) is 3. The summed E-state index contributed by atoms with van der Waals surface area (Å²) in [5.74, 6) is -0.407. The molecule has 0 aliphatic rings. The molecule has 1 atom stereocenters. The summed E-state index contributed by atoms with van der Waals surface area (Å²) in [6.45, 7) is 5.05. The number of rotatable bonds is 8. The van der Waals surface area contributed by atoms with E-state index in [1.54, 1.807) is 6.07 Å². The Morgan fingerprint density at radius 2 is 2.10 bits per heavy atom. The Labute approximate surface area is 124 Å². The van der Waals surface area contributed by atoms with Gasteiger partial charge in [0.25, 0.3) is 0 Å². The van der Waals surface area contributed by atoms with Crippen molar-refractivity contribution in [1.82, 2.24) is 10.3 Å². The number of carbonyl (C=O) groups is 2. The summed E-state index contributed by atoms with van der Waals surface area (Å²) in [6.07, 6.45) is 2.80. The standard InChI is InChI=1S/C15H23N3O3/c1-10(2)5-12(7-16)6-14(19)18-9-11-3-4-13(15(20)21)17-8-11/h3-4,8,10,12H,5-7,9,16H2,1-2H3,(H,18,19)(H,20,21). The second-order valence-corrected chi connectivity index (χ2v) is 5.57. The number of hydrogen-bond acceptors (Lipinski definition) is 4. The Balaban J connectivity index is 2.43. The van der Waals surface area contributed by atoms with Gasteiger partial charge in [-0.3, -0.25) is 4.79 Å². The normalized spacial score (nSPS) is 12.2. The lowest BCUT2D eigenvalue weighted by Crippen LogP contribution is -2.28. The van der Waals surface area contributed by atoms with Crippen LogP contribution in [0.5, 0.6) is 0 Å². The van der Waals surface area contributed by atoms with Crippen molar-refractivity contribution in [2.75, 3.05) is 6.54 Å². The first-order valence-corrected chi connectivity index (χ1v) is 7.07. The quantitative estimate of drug-likeness (QED) is 0.672. The lowest BCUT2D eigenvalue weighted by Gasteiger charge is -2.16. The van der Waals surface area contributed by atoms with Crippen LogP contribution in [0.15, 0.2) is 18.3 Å². The number of carboxylic acids is 1. The second-order valence-electron chi connectivity index (χ2n) is 5.57. The van der Waals surface area contributed by atoms with Crippen LogP contribution < -0.4 is 11.1 Å². The Bertz CT molecular complexity index is 472. The van der Waals surface area contributed by atoms with Gasteiger partial charge in [-0.2, -0.15) is 0 Å². The fourth-order valence-electron chi connectivity index (χ4n) is 2.12. The first-order chi connectivity index (χ1) is 9.92. The van der Waals surface area contributed by atoms with Crippen LogP contribution in [0.25, 0.3) is 0 Å². The summed E-state index contributed by atoms with van der Waals surface area (Å²) in [5, 5.41) is 11.6. The van der Waals surface area contributed by atoms with Crippen molar-refractivity contribution in [2.24, 2.45) is 17.6 Å². The van der Waals surface area contributed by atoms with E-state index in [0.29, 0.717) is 25.4 Å². The molecule has 21 heavy (non-hydrogen) atoms. The number of carboxylic acid groups (broad SMARTS) is 1. The number of aromatic nitrogens is 1. The zero-order chi connectivity index (χ0) is 15.8. The average Bonchev–Trinajstić information content (AvgIpc) is 2.44. The van der Waals surface area contributed by atoms with Gasteiger partial charge in [0.05, 0.1) is 0 Å². The van der Waals surface area contributed by atoms with Crippen molar-refractivity contribution in [2.45, 2.75) is 33.2 Å².